The van der Waals surface area contributed by atoms with E-state index >= 15 is 0 Å². The molecule has 0 radical (unpaired) electrons. The van der Waals surface area contributed by atoms with Gasteiger partial charge in [0.15, 0.2) is 0 Å². The lowest BCUT2D eigenvalue weighted by Gasteiger charge is -2.09. The van der Waals surface area contributed by atoms with E-state index in [2.05, 4.69) is 14.7 Å². The summed E-state index contributed by atoms with van der Waals surface area (Å²) in [5.74, 6) is -0.0350. The predicted octanol–water partition coefficient (Wildman–Crippen LogP) is 1.77. The van der Waals surface area contributed by atoms with Crippen LogP contribution in [-0.4, -0.2) is 26.5 Å². The molecule has 88 valence electrons. The van der Waals surface area contributed by atoms with Gasteiger partial charge in [-0.15, -0.1) is 0 Å². The number of aliphatic carboxylic acids is 1. The number of nitrogens with one attached hydrogen (secondary N) is 1. The van der Waals surface area contributed by atoms with Gasteiger partial charge >= 0.3 is 5.97 Å². The molecule has 6 heteroatoms. The fraction of sp³-hybridized carbons (Fsp3) is 0.700. The number of aryl methyl sites for hydroxylation is 1. The summed E-state index contributed by atoms with van der Waals surface area (Å²) in [5, 5.41) is 13.0. The molecule has 2 rings (SSSR count). The molecule has 1 aliphatic rings. The van der Waals surface area contributed by atoms with E-state index in [9.17, 15) is 4.79 Å². The van der Waals surface area contributed by atoms with Crippen molar-refractivity contribution in [3.05, 3.63) is 5.82 Å². The maximum Gasteiger partial charge on any atom is 0.306 e. The lowest BCUT2D eigenvalue weighted by Crippen LogP contribution is -2.17. The number of anilines is 1. The van der Waals surface area contributed by atoms with E-state index in [0.29, 0.717) is 6.42 Å². The van der Waals surface area contributed by atoms with Gasteiger partial charge in [0.1, 0.15) is 5.82 Å². The molecule has 0 aromatic carbocycles. The van der Waals surface area contributed by atoms with Crippen LogP contribution in [0.5, 0.6) is 0 Å². The topological polar surface area (TPSA) is 75.1 Å². The van der Waals surface area contributed by atoms with Crippen molar-refractivity contribution in [3.8, 4) is 0 Å². The van der Waals surface area contributed by atoms with Crippen molar-refractivity contribution in [1.82, 2.24) is 9.36 Å². The first-order chi connectivity index (χ1) is 7.69. The Bertz CT molecular complexity index is 380. The van der Waals surface area contributed by atoms with Gasteiger partial charge in [-0.3, -0.25) is 4.79 Å². The monoisotopic (exact) mass is 241 g/mol. The van der Waals surface area contributed by atoms with E-state index in [-0.39, 0.29) is 12.0 Å². The molecule has 0 unspecified atom stereocenters. The van der Waals surface area contributed by atoms with Crippen molar-refractivity contribution in [3.63, 3.8) is 0 Å². The van der Waals surface area contributed by atoms with Gasteiger partial charge in [-0.2, -0.15) is 4.37 Å². The molecule has 1 aliphatic carbocycles. The Kier molecular flexibility index (Phi) is 3.38. The second-order valence-corrected chi connectivity index (χ2v) is 4.81. The van der Waals surface area contributed by atoms with E-state index < -0.39 is 5.97 Å². The van der Waals surface area contributed by atoms with Gasteiger partial charge in [0.25, 0.3) is 0 Å². The van der Waals surface area contributed by atoms with Crippen molar-refractivity contribution >= 4 is 22.6 Å². The highest BCUT2D eigenvalue weighted by Gasteiger charge is 2.29. The molecule has 1 fully saturated rings. The minimum atomic E-state index is -0.684. The molecule has 1 saturated carbocycles. The molecule has 1 aromatic rings. The van der Waals surface area contributed by atoms with Gasteiger partial charge in [0.2, 0.25) is 5.13 Å². The van der Waals surface area contributed by atoms with Crippen LogP contribution in [0, 0.1) is 5.92 Å². The first-order valence-electron chi connectivity index (χ1n) is 5.51. The Morgan fingerprint density at radius 1 is 1.62 bits per heavy atom. The van der Waals surface area contributed by atoms with Crippen molar-refractivity contribution < 1.29 is 9.90 Å². The average molecular weight is 241 g/mol. The highest BCUT2D eigenvalue weighted by atomic mass is 32.1. The lowest BCUT2D eigenvalue weighted by molar-refractivity contribution is -0.141. The molecular weight excluding hydrogens is 226 g/mol. The summed E-state index contributed by atoms with van der Waals surface area (Å²) in [4.78, 5) is 15.1. The van der Waals surface area contributed by atoms with E-state index in [1.807, 2.05) is 6.92 Å². The van der Waals surface area contributed by atoms with Gasteiger partial charge in [0, 0.05) is 24.0 Å². The maximum absolute atomic E-state index is 10.8. The number of rotatable bonds is 4. The molecule has 2 atom stereocenters. The standard InChI is InChI=1S/C10H15N3O2S/c1-2-8-12-10(16-13-8)11-7-4-3-6(5-7)9(14)15/h6-7H,2-5H2,1H3,(H,14,15)(H,11,12,13)/t6-,7+/m0/s1. The highest BCUT2D eigenvalue weighted by molar-refractivity contribution is 7.09. The Morgan fingerprint density at radius 2 is 2.44 bits per heavy atom. The molecule has 0 spiro atoms. The molecule has 0 amide bonds. The van der Waals surface area contributed by atoms with E-state index in [1.165, 1.54) is 11.5 Å². The summed E-state index contributed by atoms with van der Waals surface area (Å²) in [6, 6.07) is 0.235. The zero-order valence-electron chi connectivity index (χ0n) is 9.14. The SMILES string of the molecule is CCc1nsc(N[C@@H]2CC[C@H](C(=O)O)C2)n1. The first kappa shape index (κ1) is 11.3. The highest BCUT2D eigenvalue weighted by Crippen LogP contribution is 2.28. The third-order valence-corrected chi connectivity index (χ3v) is 3.58. The van der Waals surface area contributed by atoms with E-state index in [0.717, 1.165) is 30.2 Å². The van der Waals surface area contributed by atoms with Crippen LogP contribution >= 0.6 is 11.5 Å². The average Bonchev–Trinajstić information content (AvgIpc) is 2.87. The van der Waals surface area contributed by atoms with Crippen LogP contribution in [0.2, 0.25) is 0 Å². The molecule has 16 heavy (non-hydrogen) atoms. The Labute approximate surface area is 98.1 Å². The van der Waals surface area contributed by atoms with Crippen LogP contribution < -0.4 is 5.32 Å². The summed E-state index contributed by atoms with van der Waals surface area (Å²) in [5.41, 5.74) is 0. The van der Waals surface area contributed by atoms with Gasteiger partial charge < -0.3 is 10.4 Å². The smallest absolute Gasteiger partial charge is 0.306 e. The number of hydrogen-bond acceptors (Lipinski definition) is 5. The van der Waals surface area contributed by atoms with Crippen LogP contribution in [0.25, 0.3) is 0 Å². The van der Waals surface area contributed by atoms with Crippen LogP contribution in [0.1, 0.15) is 32.0 Å². The molecule has 2 N–H and O–H groups in total. The second kappa shape index (κ2) is 4.78. The van der Waals surface area contributed by atoms with Crippen molar-refractivity contribution in [1.29, 1.82) is 0 Å². The van der Waals surface area contributed by atoms with Gasteiger partial charge in [0.05, 0.1) is 5.92 Å². The van der Waals surface area contributed by atoms with Gasteiger partial charge in [-0.1, -0.05) is 6.92 Å². The summed E-state index contributed by atoms with van der Waals surface area (Å²) < 4.78 is 4.18. The summed E-state index contributed by atoms with van der Waals surface area (Å²) in [6.45, 7) is 2.02. The van der Waals surface area contributed by atoms with Crippen LogP contribution in [-0.2, 0) is 11.2 Å². The van der Waals surface area contributed by atoms with Crippen LogP contribution in [0.4, 0.5) is 5.13 Å². The molecule has 0 saturated heterocycles. The predicted molar refractivity (Wildman–Crippen MR) is 61.7 cm³/mol. The quantitative estimate of drug-likeness (QED) is 0.840. The molecule has 1 aromatic heterocycles. The zero-order valence-corrected chi connectivity index (χ0v) is 9.96. The first-order valence-corrected chi connectivity index (χ1v) is 6.28. The second-order valence-electron chi connectivity index (χ2n) is 4.06. The number of carboxylic acid groups (broad SMARTS) is 1. The maximum atomic E-state index is 10.8. The van der Waals surface area contributed by atoms with Crippen molar-refractivity contribution in [2.24, 2.45) is 5.92 Å². The largest absolute Gasteiger partial charge is 0.481 e. The van der Waals surface area contributed by atoms with Gasteiger partial charge in [-0.05, 0) is 19.3 Å². The molecular formula is C10H15N3O2S. The Hall–Kier alpha value is -1.17. The van der Waals surface area contributed by atoms with Crippen molar-refractivity contribution in [2.45, 2.75) is 38.6 Å². The molecule has 5 nitrogen and oxygen atoms in total. The summed E-state index contributed by atoms with van der Waals surface area (Å²) >= 11 is 1.35. The lowest BCUT2D eigenvalue weighted by atomic mass is 10.1. The molecule has 0 aliphatic heterocycles. The van der Waals surface area contributed by atoms with Gasteiger partial charge in [-0.25, -0.2) is 4.98 Å². The number of nitrogens with zero attached hydrogens (tertiary/aromatic N) is 2. The van der Waals surface area contributed by atoms with Crippen LogP contribution in [0.15, 0.2) is 0 Å². The van der Waals surface area contributed by atoms with Crippen LogP contribution in [0.3, 0.4) is 0 Å². The summed E-state index contributed by atoms with van der Waals surface area (Å²) in [6.07, 6.45) is 3.18. The third kappa shape index (κ3) is 2.49. The number of aromatic nitrogens is 2. The minimum Gasteiger partial charge on any atom is -0.481 e. The Morgan fingerprint density at radius 3 is 3.00 bits per heavy atom. The number of carboxylic acids is 1. The molecule has 1 heterocycles. The normalized spacial score (nSPS) is 24.6. The van der Waals surface area contributed by atoms with Crippen molar-refractivity contribution in [2.75, 3.05) is 5.32 Å². The summed E-state index contributed by atoms with van der Waals surface area (Å²) in [7, 11) is 0. The van der Waals surface area contributed by atoms with E-state index in [1.54, 1.807) is 0 Å². The van der Waals surface area contributed by atoms with E-state index in [4.69, 9.17) is 5.11 Å². The third-order valence-electron chi connectivity index (χ3n) is 2.89. The fourth-order valence-electron chi connectivity index (χ4n) is 1.97. The fourth-order valence-corrected chi connectivity index (χ4v) is 2.70. The zero-order chi connectivity index (χ0) is 11.5. The molecule has 0 bridgehead atoms. The number of carbonyl (C=O) groups is 1. The number of hydrogen-bond donors (Lipinski definition) is 2. The minimum absolute atomic E-state index is 0.198. The Balaban J connectivity index is 1.89.